The predicted molar refractivity (Wildman–Crippen MR) is 65.3 cm³/mol. The Kier molecular flexibility index (Phi) is 3.04. The van der Waals surface area contributed by atoms with Crippen molar-refractivity contribution in [3.05, 3.63) is 23.8 Å². The quantitative estimate of drug-likeness (QED) is 0.830. The van der Waals surface area contributed by atoms with Crippen molar-refractivity contribution in [3.8, 4) is 11.5 Å². The Morgan fingerprint density at radius 2 is 2.11 bits per heavy atom. The minimum Gasteiger partial charge on any atom is -0.454 e. The molecule has 2 heterocycles. The van der Waals surface area contributed by atoms with Crippen molar-refractivity contribution in [1.82, 2.24) is 4.90 Å². The second-order valence-corrected chi connectivity index (χ2v) is 4.66. The minimum atomic E-state index is -0.636. The van der Waals surface area contributed by atoms with Crippen LogP contribution in [-0.4, -0.2) is 55.1 Å². The van der Waals surface area contributed by atoms with Crippen molar-refractivity contribution < 1.29 is 24.1 Å². The van der Waals surface area contributed by atoms with Crippen molar-refractivity contribution >= 4 is 5.91 Å². The maximum Gasteiger partial charge on any atom is 0.254 e. The fourth-order valence-corrected chi connectivity index (χ4v) is 2.29. The van der Waals surface area contributed by atoms with E-state index >= 15 is 0 Å². The van der Waals surface area contributed by atoms with E-state index in [2.05, 4.69) is 0 Å². The Hall–Kier alpha value is -1.79. The number of ether oxygens (including phenoxy) is 3. The maximum atomic E-state index is 12.3. The molecule has 0 saturated carbocycles. The maximum absolute atomic E-state index is 12.3. The Labute approximate surface area is 110 Å². The van der Waals surface area contributed by atoms with Crippen LogP contribution >= 0.6 is 0 Å². The molecule has 2 aliphatic heterocycles. The van der Waals surface area contributed by atoms with E-state index in [9.17, 15) is 9.90 Å². The van der Waals surface area contributed by atoms with Crippen LogP contribution in [-0.2, 0) is 4.74 Å². The van der Waals surface area contributed by atoms with Gasteiger partial charge in [0.1, 0.15) is 0 Å². The van der Waals surface area contributed by atoms with Crippen LogP contribution in [0, 0.1) is 0 Å². The third-order valence-corrected chi connectivity index (χ3v) is 3.46. The van der Waals surface area contributed by atoms with E-state index in [4.69, 9.17) is 14.2 Å². The Bertz CT molecular complexity index is 504. The summed E-state index contributed by atoms with van der Waals surface area (Å²) >= 11 is 0. The van der Waals surface area contributed by atoms with Gasteiger partial charge in [0, 0.05) is 12.6 Å². The number of benzene rings is 1. The SMILES string of the molecule is CN(C(=O)c1ccc2c(c1)OCO2)[C@@H]1COC[C@H]1O. The lowest BCUT2D eigenvalue weighted by atomic mass is 10.1. The molecule has 2 aliphatic rings. The molecular formula is C13H15NO5. The smallest absolute Gasteiger partial charge is 0.254 e. The first-order valence-corrected chi connectivity index (χ1v) is 6.09. The molecule has 3 rings (SSSR count). The van der Waals surface area contributed by atoms with E-state index < -0.39 is 6.10 Å². The highest BCUT2D eigenvalue weighted by Gasteiger charge is 2.33. The third kappa shape index (κ3) is 2.13. The standard InChI is InChI=1S/C13H15NO5/c1-14(9-5-17-6-10(9)15)13(16)8-2-3-11-12(4-8)19-7-18-11/h2-4,9-10,15H,5-7H2,1H3/t9-,10-/m1/s1. The second-order valence-electron chi connectivity index (χ2n) is 4.66. The van der Waals surface area contributed by atoms with Crippen LogP contribution in [0.25, 0.3) is 0 Å². The van der Waals surface area contributed by atoms with E-state index in [0.29, 0.717) is 23.7 Å². The zero-order chi connectivity index (χ0) is 13.4. The molecule has 6 heteroatoms. The molecular weight excluding hydrogens is 250 g/mol. The topological polar surface area (TPSA) is 68.2 Å². The summed E-state index contributed by atoms with van der Waals surface area (Å²) in [5, 5.41) is 9.75. The molecule has 0 aromatic heterocycles. The molecule has 1 saturated heterocycles. The predicted octanol–water partition coefficient (Wildman–Crippen LogP) is 0.247. The summed E-state index contributed by atoms with van der Waals surface area (Å²) in [5.41, 5.74) is 0.505. The lowest BCUT2D eigenvalue weighted by molar-refractivity contribution is 0.0581. The van der Waals surface area contributed by atoms with Gasteiger partial charge in [0.25, 0.3) is 5.91 Å². The van der Waals surface area contributed by atoms with Gasteiger partial charge in [-0.25, -0.2) is 0 Å². The summed E-state index contributed by atoms with van der Waals surface area (Å²) in [6.07, 6.45) is -0.636. The van der Waals surface area contributed by atoms with Gasteiger partial charge >= 0.3 is 0 Å². The van der Waals surface area contributed by atoms with Crippen LogP contribution in [0.5, 0.6) is 11.5 Å². The number of rotatable bonds is 2. The fraction of sp³-hybridized carbons (Fsp3) is 0.462. The van der Waals surface area contributed by atoms with Gasteiger partial charge in [0.05, 0.1) is 25.4 Å². The van der Waals surface area contributed by atoms with Gasteiger partial charge in [0.15, 0.2) is 11.5 Å². The van der Waals surface area contributed by atoms with E-state index in [1.807, 2.05) is 0 Å². The van der Waals surface area contributed by atoms with Crippen molar-refractivity contribution in [3.63, 3.8) is 0 Å². The van der Waals surface area contributed by atoms with Crippen molar-refractivity contribution in [2.45, 2.75) is 12.1 Å². The van der Waals surface area contributed by atoms with Gasteiger partial charge in [-0.2, -0.15) is 0 Å². The average Bonchev–Trinajstić information content (AvgIpc) is 3.04. The molecule has 0 radical (unpaired) electrons. The van der Waals surface area contributed by atoms with E-state index in [-0.39, 0.29) is 25.3 Å². The number of nitrogens with zero attached hydrogens (tertiary/aromatic N) is 1. The molecule has 19 heavy (non-hydrogen) atoms. The summed E-state index contributed by atoms with van der Waals surface area (Å²) in [7, 11) is 1.66. The van der Waals surface area contributed by atoms with Crippen molar-refractivity contribution in [2.24, 2.45) is 0 Å². The molecule has 1 aromatic rings. The first kappa shape index (κ1) is 12.3. The number of aliphatic hydroxyl groups excluding tert-OH is 1. The van der Waals surface area contributed by atoms with Gasteiger partial charge in [-0.15, -0.1) is 0 Å². The zero-order valence-electron chi connectivity index (χ0n) is 10.5. The summed E-state index contributed by atoms with van der Waals surface area (Å²) in [6.45, 7) is 0.801. The number of likely N-dealkylation sites (N-methyl/N-ethyl adjacent to an activating group) is 1. The van der Waals surface area contributed by atoms with Gasteiger partial charge in [0.2, 0.25) is 6.79 Å². The lowest BCUT2D eigenvalue weighted by Gasteiger charge is -2.25. The highest BCUT2D eigenvalue weighted by Crippen LogP contribution is 2.33. The van der Waals surface area contributed by atoms with Gasteiger partial charge in [-0.3, -0.25) is 4.79 Å². The largest absolute Gasteiger partial charge is 0.454 e. The van der Waals surface area contributed by atoms with Crippen LogP contribution in [0.2, 0.25) is 0 Å². The molecule has 0 bridgehead atoms. The summed E-state index contributed by atoms with van der Waals surface area (Å²) < 4.78 is 15.6. The minimum absolute atomic E-state index is 0.173. The molecule has 0 unspecified atom stereocenters. The highest BCUT2D eigenvalue weighted by atomic mass is 16.7. The summed E-state index contributed by atoms with van der Waals surface area (Å²) in [4.78, 5) is 13.8. The number of amides is 1. The number of hydrogen-bond donors (Lipinski definition) is 1. The number of hydrogen-bond acceptors (Lipinski definition) is 5. The second kappa shape index (κ2) is 4.71. The highest BCUT2D eigenvalue weighted by molar-refractivity contribution is 5.95. The van der Waals surface area contributed by atoms with E-state index in [1.165, 1.54) is 4.90 Å². The van der Waals surface area contributed by atoms with Gasteiger partial charge in [-0.1, -0.05) is 0 Å². The van der Waals surface area contributed by atoms with Crippen LogP contribution in [0.1, 0.15) is 10.4 Å². The molecule has 1 aromatic carbocycles. The summed E-state index contributed by atoms with van der Waals surface area (Å²) in [5.74, 6) is 1.04. The number of carbonyl (C=O) groups is 1. The van der Waals surface area contributed by atoms with Crippen molar-refractivity contribution in [1.29, 1.82) is 0 Å². The zero-order valence-corrected chi connectivity index (χ0v) is 10.5. The van der Waals surface area contributed by atoms with Gasteiger partial charge in [-0.05, 0) is 18.2 Å². The van der Waals surface area contributed by atoms with Gasteiger partial charge < -0.3 is 24.2 Å². The van der Waals surface area contributed by atoms with Crippen LogP contribution in [0.4, 0.5) is 0 Å². The van der Waals surface area contributed by atoms with E-state index in [1.54, 1.807) is 25.2 Å². The number of carbonyl (C=O) groups excluding carboxylic acids is 1. The van der Waals surface area contributed by atoms with Crippen LogP contribution in [0.15, 0.2) is 18.2 Å². The monoisotopic (exact) mass is 265 g/mol. The average molecular weight is 265 g/mol. The van der Waals surface area contributed by atoms with Crippen molar-refractivity contribution in [2.75, 3.05) is 27.1 Å². The first-order chi connectivity index (χ1) is 9.16. The normalized spacial score (nSPS) is 24.5. The number of aliphatic hydroxyl groups is 1. The molecule has 1 fully saturated rings. The van der Waals surface area contributed by atoms with Crippen LogP contribution < -0.4 is 9.47 Å². The summed E-state index contributed by atoms with van der Waals surface area (Å²) in [6, 6.07) is 4.75. The number of fused-ring (bicyclic) bond motifs is 1. The molecule has 6 nitrogen and oxygen atoms in total. The Balaban J connectivity index is 1.79. The Morgan fingerprint density at radius 3 is 2.84 bits per heavy atom. The lowest BCUT2D eigenvalue weighted by Crippen LogP contribution is -2.44. The fourth-order valence-electron chi connectivity index (χ4n) is 2.29. The third-order valence-electron chi connectivity index (χ3n) is 3.46. The molecule has 0 aliphatic carbocycles. The molecule has 1 amide bonds. The molecule has 0 spiro atoms. The van der Waals surface area contributed by atoms with Crippen LogP contribution in [0.3, 0.4) is 0 Å². The molecule has 102 valence electrons. The molecule has 1 N–H and O–H groups in total. The van der Waals surface area contributed by atoms with E-state index in [0.717, 1.165) is 0 Å². The first-order valence-electron chi connectivity index (χ1n) is 6.09. The molecule has 2 atom stereocenters. The Morgan fingerprint density at radius 1 is 1.32 bits per heavy atom.